The van der Waals surface area contributed by atoms with Crippen molar-refractivity contribution in [1.82, 2.24) is 20.0 Å². The minimum atomic E-state index is -0.452. The van der Waals surface area contributed by atoms with Gasteiger partial charge in [0.15, 0.2) is 5.69 Å². The predicted molar refractivity (Wildman–Crippen MR) is 114 cm³/mol. The summed E-state index contributed by atoms with van der Waals surface area (Å²) >= 11 is 0. The first-order chi connectivity index (χ1) is 13.8. The van der Waals surface area contributed by atoms with Gasteiger partial charge in [0.25, 0.3) is 5.91 Å². The molecule has 0 aliphatic heterocycles. The number of rotatable bonds is 9. The molecule has 0 spiro atoms. The van der Waals surface area contributed by atoms with E-state index in [0.29, 0.717) is 23.4 Å². The second kappa shape index (κ2) is 10.2. The maximum Gasteiger partial charge on any atom is 0.356 e. The zero-order chi connectivity index (χ0) is 21.6. The Balaban J connectivity index is 2.42. The number of benzene rings is 1. The summed E-state index contributed by atoms with van der Waals surface area (Å²) in [7, 11) is 5.87. The van der Waals surface area contributed by atoms with Gasteiger partial charge in [-0.15, -0.1) is 0 Å². The third kappa shape index (κ3) is 5.44. The minimum absolute atomic E-state index is 0.0181. The monoisotopic (exact) mass is 400 g/mol. The highest BCUT2D eigenvalue weighted by molar-refractivity contribution is 6.00. The van der Waals surface area contributed by atoms with Crippen molar-refractivity contribution in [3.63, 3.8) is 0 Å². The number of carbonyl (C=O) groups is 2. The van der Waals surface area contributed by atoms with Crippen LogP contribution in [0.25, 0.3) is 11.1 Å². The lowest BCUT2D eigenvalue weighted by Crippen LogP contribution is -2.30. The number of amides is 1. The highest BCUT2D eigenvalue weighted by Gasteiger charge is 2.24. The number of H-pyrrole nitrogens is 1. The summed E-state index contributed by atoms with van der Waals surface area (Å²) in [4.78, 5) is 29.4. The van der Waals surface area contributed by atoms with E-state index in [1.807, 2.05) is 53.2 Å². The number of hydrogen-bond donors (Lipinski definition) is 1. The van der Waals surface area contributed by atoms with E-state index in [1.165, 1.54) is 0 Å². The number of aromatic amines is 1. The fourth-order valence-electron chi connectivity index (χ4n) is 3.39. The SMILES string of the molecule is CCOC(=O)c1[nH]ncc1-c1cccc(C(=O)N(C)CCCN(C)C)c1C(C)C. The van der Waals surface area contributed by atoms with Crippen molar-refractivity contribution < 1.29 is 14.3 Å². The minimum Gasteiger partial charge on any atom is -0.461 e. The maximum absolute atomic E-state index is 13.2. The molecule has 1 aromatic heterocycles. The number of ether oxygens (including phenoxy) is 1. The van der Waals surface area contributed by atoms with Crippen molar-refractivity contribution in [2.24, 2.45) is 0 Å². The first-order valence-corrected chi connectivity index (χ1v) is 10.0. The molecule has 1 aromatic carbocycles. The molecule has 0 aliphatic rings. The van der Waals surface area contributed by atoms with Gasteiger partial charge in [-0.05, 0) is 57.1 Å². The summed E-state index contributed by atoms with van der Waals surface area (Å²) in [5.74, 6) is -0.381. The zero-order valence-corrected chi connectivity index (χ0v) is 18.3. The maximum atomic E-state index is 13.2. The Kier molecular flexibility index (Phi) is 7.96. The molecule has 2 aromatic rings. The quantitative estimate of drug-likeness (QED) is 0.653. The first kappa shape index (κ1) is 22.6. The largest absolute Gasteiger partial charge is 0.461 e. The van der Waals surface area contributed by atoms with E-state index >= 15 is 0 Å². The molecule has 158 valence electrons. The second-order valence-corrected chi connectivity index (χ2v) is 7.68. The van der Waals surface area contributed by atoms with Gasteiger partial charge in [-0.25, -0.2) is 4.79 Å². The van der Waals surface area contributed by atoms with Crippen LogP contribution in [0, 0.1) is 0 Å². The van der Waals surface area contributed by atoms with Crippen LogP contribution in [0.2, 0.25) is 0 Å². The Hall–Kier alpha value is -2.67. The van der Waals surface area contributed by atoms with Gasteiger partial charge < -0.3 is 14.5 Å². The highest BCUT2D eigenvalue weighted by atomic mass is 16.5. The first-order valence-electron chi connectivity index (χ1n) is 10.0. The van der Waals surface area contributed by atoms with Gasteiger partial charge in [-0.2, -0.15) is 5.10 Å². The normalized spacial score (nSPS) is 11.2. The van der Waals surface area contributed by atoms with Crippen LogP contribution in [0.15, 0.2) is 24.4 Å². The number of nitrogens with one attached hydrogen (secondary N) is 1. The molecule has 0 radical (unpaired) electrons. The van der Waals surface area contributed by atoms with E-state index in [0.717, 1.165) is 24.1 Å². The summed E-state index contributed by atoms with van der Waals surface area (Å²) in [6.07, 6.45) is 2.52. The average molecular weight is 401 g/mol. The lowest BCUT2D eigenvalue weighted by atomic mass is 9.88. The van der Waals surface area contributed by atoms with Gasteiger partial charge in [0, 0.05) is 24.7 Å². The predicted octanol–water partition coefficient (Wildman–Crippen LogP) is 3.40. The molecule has 0 aliphatic carbocycles. The van der Waals surface area contributed by atoms with E-state index in [4.69, 9.17) is 4.74 Å². The summed E-state index contributed by atoms with van der Waals surface area (Å²) < 4.78 is 5.14. The fourth-order valence-corrected chi connectivity index (χ4v) is 3.39. The molecule has 1 heterocycles. The molecule has 0 atom stereocenters. The summed E-state index contributed by atoms with van der Waals surface area (Å²) in [5.41, 5.74) is 3.34. The van der Waals surface area contributed by atoms with Crippen LogP contribution in [-0.4, -0.2) is 72.7 Å². The number of carbonyl (C=O) groups excluding carboxylic acids is 2. The van der Waals surface area contributed by atoms with Crippen LogP contribution >= 0.6 is 0 Å². The molecule has 0 fully saturated rings. The second-order valence-electron chi connectivity index (χ2n) is 7.68. The number of aromatic nitrogens is 2. The van der Waals surface area contributed by atoms with E-state index in [-0.39, 0.29) is 18.4 Å². The summed E-state index contributed by atoms with van der Waals surface area (Å²) in [6, 6.07) is 5.63. The smallest absolute Gasteiger partial charge is 0.356 e. The van der Waals surface area contributed by atoms with Crippen molar-refractivity contribution in [3.8, 4) is 11.1 Å². The molecule has 29 heavy (non-hydrogen) atoms. The molecule has 1 N–H and O–H groups in total. The van der Waals surface area contributed by atoms with Gasteiger partial charge in [-0.3, -0.25) is 9.89 Å². The lowest BCUT2D eigenvalue weighted by molar-refractivity contribution is 0.0520. The fraction of sp³-hybridized carbons (Fsp3) is 0.500. The van der Waals surface area contributed by atoms with Crippen molar-refractivity contribution in [2.75, 3.05) is 40.8 Å². The van der Waals surface area contributed by atoms with Crippen molar-refractivity contribution in [2.45, 2.75) is 33.1 Å². The summed E-state index contributed by atoms with van der Waals surface area (Å²) in [6.45, 7) is 7.74. The van der Waals surface area contributed by atoms with Crippen molar-refractivity contribution >= 4 is 11.9 Å². The van der Waals surface area contributed by atoms with Crippen molar-refractivity contribution in [1.29, 1.82) is 0 Å². The molecule has 2 rings (SSSR count). The Morgan fingerprint density at radius 3 is 2.48 bits per heavy atom. The van der Waals surface area contributed by atoms with Gasteiger partial charge in [0.05, 0.1) is 12.8 Å². The van der Waals surface area contributed by atoms with E-state index in [9.17, 15) is 9.59 Å². The highest BCUT2D eigenvalue weighted by Crippen LogP contribution is 2.34. The van der Waals surface area contributed by atoms with Crippen LogP contribution in [0.3, 0.4) is 0 Å². The van der Waals surface area contributed by atoms with Crippen LogP contribution in [0.5, 0.6) is 0 Å². The molecule has 7 nitrogen and oxygen atoms in total. The van der Waals surface area contributed by atoms with Crippen LogP contribution in [0.4, 0.5) is 0 Å². The Labute approximate surface area is 173 Å². The van der Waals surface area contributed by atoms with Gasteiger partial charge >= 0.3 is 5.97 Å². The third-order valence-electron chi connectivity index (χ3n) is 4.77. The molecule has 0 bridgehead atoms. The van der Waals surface area contributed by atoms with Gasteiger partial charge in [-0.1, -0.05) is 26.0 Å². The molecule has 0 unspecified atom stereocenters. The number of nitrogens with zero attached hydrogens (tertiary/aromatic N) is 3. The van der Waals surface area contributed by atoms with E-state index in [2.05, 4.69) is 15.1 Å². The Morgan fingerprint density at radius 2 is 1.86 bits per heavy atom. The number of hydrogen-bond acceptors (Lipinski definition) is 5. The molecule has 0 saturated heterocycles. The summed E-state index contributed by atoms with van der Waals surface area (Å²) in [5, 5.41) is 6.78. The molecular weight excluding hydrogens is 368 g/mol. The van der Waals surface area contributed by atoms with E-state index < -0.39 is 5.97 Å². The van der Waals surface area contributed by atoms with Crippen LogP contribution < -0.4 is 0 Å². The van der Waals surface area contributed by atoms with Gasteiger partial charge in [0.1, 0.15) is 0 Å². The average Bonchev–Trinajstić information content (AvgIpc) is 3.16. The lowest BCUT2D eigenvalue weighted by Gasteiger charge is -2.23. The Bertz CT molecular complexity index is 842. The molecule has 1 amide bonds. The van der Waals surface area contributed by atoms with Crippen LogP contribution in [0.1, 0.15) is 59.5 Å². The topological polar surface area (TPSA) is 78.5 Å². The van der Waals surface area contributed by atoms with E-state index in [1.54, 1.807) is 18.0 Å². The Morgan fingerprint density at radius 1 is 1.14 bits per heavy atom. The zero-order valence-electron chi connectivity index (χ0n) is 18.3. The molecule has 0 saturated carbocycles. The molecular formula is C22H32N4O3. The van der Waals surface area contributed by atoms with Gasteiger partial charge in [0.2, 0.25) is 0 Å². The number of esters is 1. The van der Waals surface area contributed by atoms with Crippen molar-refractivity contribution in [3.05, 3.63) is 41.2 Å². The third-order valence-corrected chi connectivity index (χ3v) is 4.77. The molecule has 7 heteroatoms. The van der Waals surface area contributed by atoms with Crippen LogP contribution in [-0.2, 0) is 4.74 Å². The standard InChI is InChI=1S/C22H32N4O3/c1-7-29-22(28)20-18(14-23-24-20)16-10-8-11-17(19(16)15(2)3)21(27)26(6)13-9-12-25(4)5/h8,10-11,14-15H,7,9,12-13H2,1-6H3,(H,23,24).